The predicted molar refractivity (Wildman–Crippen MR) is 43.6 cm³/mol. The van der Waals surface area contributed by atoms with Crippen LogP contribution in [0.4, 0.5) is 0 Å². The van der Waals surface area contributed by atoms with Crippen molar-refractivity contribution in [1.82, 2.24) is 15.0 Å². The zero-order valence-corrected chi connectivity index (χ0v) is 6.68. The van der Waals surface area contributed by atoms with E-state index in [2.05, 4.69) is 15.0 Å². The van der Waals surface area contributed by atoms with Crippen molar-refractivity contribution < 1.29 is 0 Å². The third-order valence-corrected chi connectivity index (χ3v) is 1.75. The van der Waals surface area contributed by atoms with Crippen LogP contribution in [0.2, 0.25) is 5.15 Å². The van der Waals surface area contributed by atoms with Gasteiger partial charge < -0.3 is 4.98 Å². The van der Waals surface area contributed by atoms with Crippen LogP contribution in [0.15, 0.2) is 12.3 Å². The first kappa shape index (κ1) is 6.61. The molecule has 2 aromatic heterocycles. The van der Waals surface area contributed by atoms with Gasteiger partial charge in [0, 0.05) is 6.20 Å². The van der Waals surface area contributed by atoms with E-state index >= 15 is 0 Å². The van der Waals surface area contributed by atoms with Gasteiger partial charge >= 0.3 is 0 Å². The summed E-state index contributed by atoms with van der Waals surface area (Å²) in [6.07, 6.45) is 1.66. The molecule has 2 heterocycles. The summed E-state index contributed by atoms with van der Waals surface area (Å²) in [6, 6.07) is 1.85. The Morgan fingerprint density at radius 3 is 3.09 bits per heavy atom. The smallest absolute Gasteiger partial charge is 0.156 e. The predicted octanol–water partition coefficient (Wildman–Crippen LogP) is 1.92. The van der Waals surface area contributed by atoms with Gasteiger partial charge in [-0.3, -0.25) is 0 Å². The van der Waals surface area contributed by atoms with Crippen molar-refractivity contribution in [2.45, 2.75) is 6.92 Å². The number of hydrogen-bond acceptors (Lipinski definition) is 2. The Bertz CT molecular complexity index is 393. The third-order valence-electron chi connectivity index (χ3n) is 1.47. The second kappa shape index (κ2) is 2.20. The number of fused-ring (bicyclic) bond motifs is 1. The highest BCUT2D eigenvalue weighted by molar-refractivity contribution is 6.33. The van der Waals surface area contributed by atoms with Crippen molar-refractivity contribution in [3.05, 3.63) is 23.2 Å². The van der Waals surface area contributed by atoms with Crippen LogP contribution in [0.5, 0.6) is 0 Å². The highest BCUT2D eigenvalue weighted by atomic mass is 35.5. The molecule has 0 aromatic carbocycles. The Morgan fingerprint density at radius 2 is 2.36 bits per heavy atom. The Hall–Kier alpha value is -1.09. The molecule has 0 spiro atoms. The quantitative estimate of drug-likeness (QED) is 0.609. The Labute approximate surface area is 68.4 Å². The highest BCUT2D eigenvalue weighted by Gasteiger charge is 2.02. The number of imidazole rings is 1. The second-order valence-electron chi connectivity index (χ2n) is 2.32. The van der Waals surface area contributed by atoms with E-state index in [9.17, 15) is 0 Å². The Kier molecular flexibility index (Phi) is 1.32. The van der Waals surface area contributed by atoms with Crippen molar-refractivity contribution in [3.63, 3.8) is 0 Å². The number of H-pyrrole nitrogens is 1. The molecule has 1 N–H and O–H groups in total. The fourth-order valence-electron chi connectivity index (χ4n) is 1.03. The average molecular weight is 168 g/mol. The molecule has 4 heteroatoms. The van der Waals surface area contributed by atoms with Crippen LogP contribution >= 0.6 is 11.6 Å². The molecule has 0 aliphatic carbocycles. The molecule has 0 aliphatic rings. The van der Waals surface area contributed by atoms with E-state index in [1.54, 1.807) is 6.20 Å². The van der Waals surface area contributed by atoms with E-state index in [0.29, 0.717) is 5.15 Å². The van der Waals surface area contributed by atoms with E-state index in [0.717, 1.165) is 16.9 Å². The molecule has 2 rings (SSSR count). The first-order chi connectivity index (χ1) is 5.27. The monoisotopic (exact) mass is 167 g/mol. The first-order valence-corrected chi connectivity index (χ1v) is 3.62. The van der Waals surface area contributed by atoms with E-state index in [4.69, 9.17) is 11.6 Å². The van der Waals surface area contributed by atoms with E-state index < -0.39 is 0 Å². The summed E-state index contributed by atoms with van der Waals surface area (Å²) in [5.41, 5.74) is 1.68. The number of aryl methyl sites for hydroxylation is 1. The number of rotatable bonds is 0. The van der Waals surface area contributed by atoms with Gasteiger partial charge in [0.05, 0.1) is 5.52 Å². The maximum Gasteiger partial charge on any atom is 0.156 e. The minimum atomic E-state index is 0.451. The average Bonchev–Trinajstić information content (AvgIpc) is 2.31. The lowest BCUT2D eigenvalue weighted by atomic mass is 10.4. The van der Waals surface area contributed by atoms with Gasteiger partial charge in [-0.25, -0.2) is 9.97 Å². The molecule has 11 heavy (non-hydrogen) atoms. The molecule has 0 radical (unpaired) electrons. The van der Waals surface area contributed by atoms with Gasteiger partial charge in [0.15, 0.2) is 5.15 Å². The molecule has 0 fully saturated rings. The minimum Gasteiger partial charge on any atom is -0.342 e. The van der Waals surface area contributed by atoms with Crippen LogP contribution < -0.4 is 0 Å². The van der Waals surface area contributed by atoms with Gasteiger partial charge in [-0.2, -0.15) is 0 Å². The SMILES string of the molecule is Cc1nc2c(Cl)nccc2[nH]1. The summed E-state index contributed by atoms with van der Waals surface area (Å²) in [4.78, 5) is 11.1. The van der Waals surface area contributed by atoms with E-state index in [1.807, 2.05) is 13.0 Å². The number of nitrogens with one attached hydrogen (secondary N) is 1. The number of halogens is 1. The largest absolute Gasteiger partial charge is 0.342 e. The zero-order chi connectivity index (χ0) is 7.84. The Morgan fingerprint density at radius 1 is 1.55 bits per heavy atom. The summed E-state index contributed by atoms with van der Waals surface area (Å²) in [5, 5.41) is 0.451. The molecular weight excluding hydrogens is 162 g/mol. The van der Waals surface area contributed by atoms with Crippen molar-refractivity contribution in [2.24, 2.45) is 0 Å². The Balaban J connectivity index is 2.90. The topological polar surface area (TPSA) is 41.6 Å². The molecule has 0 atom stereocenters. The van der Waals surface area contributed by atoms with Crippen LogP contribution in [0, 0.1) is 6.92 Å². The molecule has 2 aromatic rings. The molecule has 56 valence electrons. The molecular formula is C7H6ClN3. The molecule has 0 bridgehead atoms. The lowest BCUT2D eigenvalue weighted by Gasteiger charge is -1.87. The van der Waals surface area contributed by atoms with E-state index in [1.165, 1.54) is 0 Å². The van der Waals surface area contributed by atoms with Gasteiger partial charge in [-0.15, -0.1) is 0 Å². The van der Waals surface area contributed by atoms with Crippen LogP contribution in [0.3, 0.4) is 0 Å². The number of nitrogens with zero attached hydrogens (tertiary/aromatic N) is 2. The first-order valence-electron chi connectivity index (χ1n) is 3.24. The normalized spacial score (nSPS) is 10.7. The molecule has 0 saturated carbocycles. The second-order valence-corrected chi connectivity index (χ2v) is 2.68. The van der Waals surface area contributed by atoms with Crippen LogP contribution in [0.1, 0.15) is 5.82 Å². The molecule has 0 amide bonds. The maximum absolute atomic E-state index is 5.78. The van der Waals surface area contributed by atoms with Crippen LogP contribution in [-0.4, -0.2) is 15.0 Å². The zero-order valence-electron chi connectivity index (χ0n) is 5.93. The summed E-state index contributed by atoms with van der Waals surface area (Å²) in [7, 11) is 0. The van der Waals surface area contributed by atoms with Crippen molar-refractivity contribution in [2.75, 3.05) is 0 Å². The molecule has 0 saturated heterocycles. The van der Waals surface area contributed by atoms with E-state index in [-0.39, 0.29) is 0 Å². The number of pyridine rings is 1. The lowest BCUT2D eigenvalue weighted by molar-refractivity contribution is 1.17. The van der Waals surface area contributed by atoms with Crippen LogP contribution in [-0.2, 0) is 0 Å². The summed E-state index contributed by atoms with van der Waals surface area (Å²) in [6.45, 7) is 1.89. The summed E-state index contributed by atoms with van der Waals surface area (Å²) in [5.74, 6) is 0.856. The number of aromatic nitrogens is 3. The van der Waals surface area contributed by atoms with Crippen molar-refractivity contribution in [1.29, 1.82) is 0 Å². The van der Waals surface area contributed by atoms with Crippen molar-refractivity contribution in [3.8, 4) is 0 Å². The summed E-state index contributed by atoms with van der Waals surface area (Å²) >= 11 is 5.78. The van der Waals surface area contributed by atoms with Crippen LogP contribution in [0.25, 0.3) is 11.0 Å². The fraction of sp³-hybridized carbons (Fsp3) is 0.143. The third kappa shape index (κ3) is 0.973. The number of hydrogen-bond donors (Lipinski definition) is 1. The van der Waals surface area contributed by atoms with Gasteiger partial charge in [0.25, 0.3) is 0 Å². The standard InChI is InChI=1S/C7H6ClN3/c1-4-10-5-2-3-9-7(8)6(5)11-4/h2-3H,1H3,(H,10,11). The minimum absolute atomic E-state index is 0.451. The van der Waals surface area contributed by atoms with Gasteiger partial charge in [-0.1, -0.05) is 11.6 Å². The number of aromatic amines is 1. The van der Waals surface area contributed by atoms with Gasteiger partial charge in [-0.05, 0) is 13.0 Å². The molecule has 0 unspecified atom stereocenters. The molecule has 3 nitrogen and oxygen atoms in total. The van der Waals surface area contributed by atoms with Gasteiger partial charge in [0.1, 0.15) is 11.3 Å². The van der Waals surface area contributed by atoms with Crippen molar-refractivity contribution >= 4 is 22.6 Å². The molecule has 0 aliphatic heterocycles. The fourth-order valence-corrected chi connectivity index (χ4v) is 1.23. The maximum atomic E-state index is 5.78. The summed E-state index contributed by atoms with van der Waals surface area (Å²) < 4.78 is 0. The lowest BCUT2D eigenvalue weighted by Crippen LogP contribution is -1.75. The highest BCUT2D eigenvalue weighted by Crippen LogP contribution is 2.17. The van der Waals surface area contributed by atoms with Gasteiger partial charge in [0.2, 0.25) is 0 Å².